The predicted octanol–water partition coefficient (Wildman–Crippen LogP) is 3.64. The van der Waals surface area contributed by atoms with Gasteiger partial charge in [0.1, 0.15) is 12.1 Å². The van der Waals surface area contributed by atoms with Crippen LogP contribution in [0.5, 0.6) is 0 Å². The molecule has 35 heavy (non-hydrogen) atoms. The second-order valence-corrected chi connectivity index (χ2v) is 9.10. The van der Waals surface area contributed by atoms with Gasteiger partial charge in [-0.15, -0.1) is 0 Å². The van der Waals surface area contributed by atoms with Gasteiger partial charge < -0.3 is 24.8 Å². The van der Waals surface area contributed by atoms with Crippen molar-refractivity contribution in [1.82, 2.24) is 10.2 Å². The summed E-state index contributed by atoms with van der Waals surface area (Å²) < 4.78 is 11.1. The van der Waals surface area contributed by atoms with E-state index in [0.29, 0.717) is 12.8 Å². The van der Waals surface area contributed by atoms with Gasteiger partial charge in [0.25, 0.3) is 0 Å². The lowest BCUT2D eigenvalue weighted by molar-refractivity contribution is -0.145. The fourth-order valence-electron chi connectivity index (χ4n) is 5.06. The SMILES string of the molecule is CCC(CC)(NC(=O)OCC1c2ccccc2-c2ccccc21)C(=O)N1CCOCC(C(=O)O)C1. The molecule has 8 nitrogen and oxygen atoms in total. The smallest absolute Gasteiger partial charge is 0.408 e. The van der Waals surface area contributed by atoms with E-state index in [1.807, 2.05) is 50.2 Å². The Hall–Kier alpha value is -3.39. The third-order valence-electron chi connectivity index (χ3n) is 7.20. The maximum atomic E-state index is 13.5. The molecule has 0 aromatic heterocycles. The van der Waals surface area contributed by atoms with E-state index in [4.69, 9.17) is 9.47 Å². The Morgan fingerprint density at radius 3 is 2.23 bits per heavy atom. The zero-order valence-electron chi connectivity index (χ0n) is 20.2. The van der Waals surface area contributed by atoms with Crippen molar-refractivity contribution in [3.63, 3.8) is 0 Å². The largest absolute Gasteiger partial charge is 0.481 e. The van der Waals surface area contributed by atoms with Crippen molar-refractivity contribution in [3.05, 3.63) is 59.7 Å². The van der Waals surface area contributed by atoms with Gasteiger partial charge in [0, 0.05) is 19.0 Å². The average Bonchev–Trinajstić information content (AvgIpc) is 3.01. The summed E-state index contributed by atoms with van der Waals surface area (Å²) in [6.45, 7) is 4.44. The number of rotatable bonds is 7. The van der Waals surface area contributed by atoms with Crippen molar-refractivity contribution in [2.24, 2.45) is 5.92 Å². The summed E-state index contributed by atoms with van der Waals surface area (Å²) in [7, 11) is 0. The highest BCUT2D eigenvalue weighted by Gasteiger charge is 2.42. The number of carboxylic acids is 1. The number of carboxylic acid groups (broad SMARTS) is 1. The Balaban J connectivity index is 1.47. The first kappa shape index (κ1) is 24.7. The molecule has 0 radical (unpaired) electrons. The Bertz CT molecular complexity index is 1050. The molecule has 0 saturated carbocycles. The van der Waals surface area contributed by atoms with Crippen LogP contribution in [0.25, 0.3) is 11.1 Å². The van der Waals surface area contributed by atoms with Crippen molar-refractivity contribution in [3.8, 4) is 11.1 Å². The predicted molar refractivity (Wildman–Crippen MR) is 130 cm³/mol. The molecule has 2 aromatic carbocycles. The molecule has 8 heteroatoms. The molecule has 1 unspecified atom stereocenters. The number of fused-ring (bicyclic) bond motifs is 3. The van der Waals surface area contributed by atoms with Crippen molar-refractivity contribution in [2.45, 2.75) is 38.1 Å². The number of ether oxygens (including phenoxy) is 2. The van der Waals surface area contributed by atoms with E-state index in [1.165, 1.54) is 4.90 Å². The summed E-state index contributed by atoms with van der Waals surface area (Å²) in [4.78, 5) is 39.5. The number of alkyl carbamates (subject to hydrolysis) is 1. The minimum atomic E-state index is -1.18. The highest BCUT2D eigenvalue weighted by atomic mass is 16.5. The maximum absolute atomic E-state index is 13.5. The summed E-state index contributed by atoms with van der Waals surface area (Å²) in [6, 6.07) is 16.2. The van der Waals surface area contributed by atoms with Crippen molar-refractivity contribution < 1.29 is 29.0 Å². The number of hydrogen-bond donors (Lipinski definition) is 2. The van der Waals surface area contributed by atoms with Gasteiger partial charge in [-0.1, -0.05) is 62.4 Å². The summed E-state index contributed by atoms with van der Waals surface area (Å²) in [5.74, 6) is -2.21. The zero-order valence-corrected chi connectivity index (χ0v) is 20.2. The molecular weight excluding hydrogens is 448 g/mol. The van der Waals surface area contributed by atoms with Crippen LogP contribution in [-0.2, 0) is 19.1 Å². The van der Waals surface area contributed by atoms with E-state index in [2.05, 4.69) is 17.4 Å². The van der Waals surface area contributed by atoms with Gasteiger partial charge in [0.05, 0.1) is 19.1 Å². The molecule has 186 valence electrons. The molecular formula is C27H32N2O6. The van der Waals surface area contributed by atoms with E-state index in [-0.39, 0.29) is 44.7 Å². The van der Waals surface area contributed by atoms with Crippen LogP contribution in [0.2, 0.25) is 0 Å². The van der Waals surface area contributed by atoms with E-state index < -0.39 is 23.5 Å². The molecule has 4 rings (SSSR count). The van der Waals surface area contributed by atoms with Crippen molar-refractivity contribution in [2.75, 3.05) is 32.9 Å². The Morgan fingerprint density at radius 2 is 1.66 bits per heavy atom. The van der Waals surface area contributed by atoms with Crippen LogP contribution >= 0.6 is 0 Å². The molecule has 1 heterocycles. The minimum absolute atomic E-state index is 0.0439. The molecule has 0 bridgehead atoms. The normalized spacial score (nSPS) is 17.8. The molecule has 1 saturated heterocycles. The average molecular weight is 481 g/mol. The summed E-state index contributed by atoms with van der Waals surface area (Å²) in [6.07, 6.45) is 0.0354. The highest BCUT2D eigenvalue weighted by molar-refractivity contribution is 5.90. The first-order valence-electron chi connectivity index (χ1n) is 12.1. The number of carbonyl (C=O) groups excluding carboxylic acids is 2. The molecule has 2 aromatic rings. The van der Waals surface area contributed by atoms with Gasteiger partial charge in [-0.25, -0.2) is 4.79 Å². The van der Waals surface area contributed by atoms with Gasteiger partial charge in [-0.2, -0.15) is 0 Å². The third kappa shape index (κ3) is 4.89. The molecule has 1 aliphatic carbocycles. The van der Waals surface area contributed by atoms with Gasteiger partial charge in [-0.3, -0.25) is 9.59 Å². The van der Waals surface area contributed by atoms with Crippen LogP contribution in [0, 0.1) is 5.92 Å². The number of amides is 2. The van der Waals surface area contributed by atoms with Gasteiger partial charge >= 0.3 is 12.1 Å². The van der Waals surface area contributed by atoms with E-state index in [1.54, 1.807) is 0 Å². The highest BCUT2D eigenvalue weighted by Crippen LogP contribution is 2.44. The quantitative estimate of drug-likeness (QED) is 0.627. The van der Waals surface area contributed by atoms with E-state index in [0.717, 1.165) is 22.3 Å². The Labute approximate surface area is 205 Å². The summed E-state index contributed by atoms with van der Waals surface area (Å²) >= 11 is 0. The standard InChI is InChI=1S/C27H32N2O6/c1-3-27(4-2,25(32)29-13-14-34-16-18(15-29)24(30)31)28-26(33)35-17-23-21-11-7-5-9-19(21)20-10-6-8-12-22(20)23/h5-12,18,23H,3-4,13-17H2,1-2H3,(H,28,33)(H,30,31). The number of nitrogens with one attached hydrogen (secondary N) is 1. The van der Waals surface area contributed by atoms with Crippen LogP contribution in [0.1, 0.15) is 43.7 Å². The molecule has 2 amide bonds. The summed E-state index contributed by atoms with van der Waals surface area (Å²) in [5.41, 5.74) is 3.31. The van der Waals surface area contributed by atoms with Crippen LogP contribution in [-0.4, -0.2) is 66.4 Å². The van der Waals surface area contributed by atoms with Gasteiger partial charge in [-0.05, 0) is 35.1 Å². The fourth-order valence-corrected chi connectivity index (χ4v) is 5.06. The van der Waals surface area contributed by atoms with Crippen LogP contribution < -0.4 is 5.32 Å². The monoisotopic (exact) mass is 480 g/mol. The van der Waals surface area contributed by atoms with E-state index >= 15 is 0 Å². The molecule has 1 aliphatic heterocycles. The fraction of sp³-hybridized carbons (Fsp3) is 0.444. The lowest BCUT2D eigenvalue weighted by atomic mass is 9.90. The lowest BCUT2D eigenvalue weighted by Crippen LogP contribution is -2.60. The maximum Gasteiger partial charge on any atom is 0.408 e. The first-order valence-corrected chi connectivity index (χ1v) is 12.1. The van der Waals surface area contributed by atoms with Crippen LogP contribution in [0.3, 0.4) is 0 Å². The van der Waals surface area contributed by atoms with Crippen molar-refractivity contribution in [1.29, 1.82) is 0 Å². The second-order valence-electron chi connectivity index (χ2n) is 9.10. The minimum Gasteiger partial charge on any atom is -0.481 e. The zero-order chi connectivity index (χ0) is 25.0. The molecule has 2 N–H and O–H groups in total. The Kier molecular flexibility index (Phi) is 7.40. The number of carbonyl (C=O) groups is 3. The Morgan fingerprint density at radius 1 is 1.06 bits per heavy atom. The molecule has 1 fully saturated rings. The topological polar surface area (TPSA) is 105 Å². The van der Waals surface area contributed by atoms with Gasteiger partial charge in [0.15, 0.2) is 0 Å². The third-order valence-corrected chi connectivity index (χ3v) is 7.20. The van der Waals surface area contributed by atoms with Gasteiger partial charge in [0.2, 0.25) is 5.91 Å². The second kappa shape index (κ2) is 10.5. The van der Waals surface area contributed by atoms with Crippen LogP contribution in [0.4, 0.5) is 4.79 Å². The number of hydrogen-bond acceptors (Lipinski definition) is 5. The molecule has 2 aliphatic rings. The molecule has 1 atom stereocenters. The number of benzene rings is 2. The number of aliphatic carboxylic acids is 1. The van der Waals surface area contributed by atoms with E-state index in [9.17, 15) is 19.5 Å². The first-order chi connectivity index (χ1) is 16.9. The van der Waals surface area contributed by atoms with Crippen LogP contribution in [0.15, 0.2) is 48.5 Å². The number of nitrogens with zero attached hydrogens (tertiary/aromatic N) is 1. The molecule has 0 spiro atoms. The summed E-state index contributed by atoms with van der Waals surface area (Å²) in [5, 5.41) is 12.3. The van der Waals surface area contributed by atoms with Crippen molar-refractivity contribution >= 4 is 18.0 Å². The lowest BCUT2D eigenvalue weighted by Gasteiger charge is -2.36.